The quantitative estimate of drug-likeness (QED) is 0.841. The highest BCUT2D eigenvalue weighted by atomic mass is 19.3. The second kappa shape index (κ2) is 6.58. The zero-order valence-electron chi connectivity index (χ0n) is 12.0. The minimum absolute atomic E-state index is 0.0319. The van der Waals surface area contributed by atoms with Crippen molar-refractivity contribution in [3.05, 3.63) is 0 Å². The number of nitrogens with zero attached hydrogens (tertiary/aromatic N) is 1. The van der Waals surface area contributed by atoms with Gasteiger partial charge in [0, 0.05) is 25.9 Å². The van der Waals surface area contributed by atoms with E-state index in [1.165, 1.54) is 4.90 Å². The van der Waals surface area contributed by atoms with E-state index in [2.05, 4.69) is 5.32 Å². The average molecular weight is 304 g/mol. The normalized spacial score (nSPS) is 24.4. The minimum Gasteiger partial charge on any atom is -0.480 e. The van der Waals surface area contributed by atoms with Crippen molar-refractivity contribution in [1.82, 2.24) is 10.2 Å². The van der Waals surface area contributed by atoms with Crippen LogP contribution in [0.4, 0.5) is 13.6 Å². The van der Waals surface area contributed by atoms with Crippen molar-refractivity contribution < 1.29 is 23.5 Å². The second-order valence-corrected chi connectivity index (χ2v) is 6.01. The van der Waals surface area contributed by atoms with Gasteiger partial charge in [0.2, 0.25) is 0 Å². The molecule has 0 aromatic carbocycles. The Hall–Kier alpha value is -1.40. The molecule has 1 aliphatic carbocycles. The van der Waals surface area contributed by atoms with Gasteiger partial charge in [0.05, 0.1) is 0 Å². The highest BCUT2D eigenvalue weighted by Crippen LogP contribution is 2.29. The number of aliphatic carboxylic acids is 1. The van der Waals surface area contributed by atoms with Gasteiger partial charge >= 0.3 is 12.0 Å². The Bertz CT molecular complexity index is 388. The molecule has 2 fully saturated rings. The van der Waals surface area contributed by atoms with E-state index in [-0.39, 0.29) is 31.8 Å². The molecule has 0 bridgehead atoms. The fraction of sp³-hybridized carbons (Fsp3) is 0.857. The molecule has 0 aromatic rings. The van der Waals surface area contributed by atoms with E-state index in [4.69, 9.17) is 0 Å². The van der Waals surface area contributed by atoms with Crippen LogP contribution < -0.4 is 5.32 Å². The Labute approximate surface area is 122 Å². The van der Waals surface area contributed by atoms with Crippen LogP contribution in [0.3, 0.4) is 0 Å². The summed E-state index contributed by atoms with van der Waals surface area (Å²) in [7, 11) is 0. The lowest BCUT2D eigenvalue weighted by atomic mass is 9.84. The van der Waals surface area contributed by atoms with Gasteiger partial charge in [-0.05, 0) is 18.8 Å². The number of likely N-dealkylation sites (tertiary alicyclic amines) is 1. The van der Waals surface area contributed by atoms with Gasteiger partial charge in [-0.15, -0.1) is 0 Å². The SMILES string of the molecule is O=C(O)[C@H](NC(=O)N1CCC(F)(F)CC1)C1CCCCC1. The van der Waals surface area contributed by atoms with Crippen molar-refractivity contribution in [3.8, 4) is 0 Å². The van der Waals surface area contributed by atoms with Gasteiger partial charge in [-0.1, -0.05) is 19.3 Å². The predicted molar refractivity (Wildman–Crippen MR) is 72.3 cm³/mol. The molecule has 21 heavy (non-hydrogen) atoms. The van der Waals surface area contributed by atoms with Gasteiger partial charge in [0.25, 0.3) is 5.92 Å². The summed E-state index contributed by atoms with van der Waals surface area (Å²) in [5.74, 6) is -3.82. The number of carboxylic acid groups (broad SMARTS) is 1. The Morgan fingerprint density at radius 2 is 1.71 bits per heavy atom. The standard InChI is InChI=1S/C14H22F2N2O3/c15-14(16)6-8-18(9-7-14)13(21)17-11(12(19)20)10-4-2-1-3-5-10/h10-11H,1-9H2,(H,17,21)(H,19,20)/t11-/m1/s1. The largest absolute Gasteiger partial charge is 0.480 e. The molecule has 1 heterocycles. The summed E-state index contributed by atoms with van der Waals surface area (Å²) in [4.78, 5) is 24.7. The molecule has 0 spiro atoms. The third-order valence-electron chi connectivity index (χ3n) is 4.45. The van der Waals surface area contributed by atoms with E-state index in [0.29, 0.717) is 0 Å². The lowest BCUT2D eigenvalue weighted by Crippen LogP contribution is -2.54. The van der Waals surface area contributed by atoms with Gasteiger partial charge in [-0.2, -0.15) is 0 Å². The number of carbonyl (C=O) groups excluding carboxylic acids is 1. The number of nitrogens with one attached hydrogen (secondary N) is 1. The molecule has 2 N–H and O–H groups in total. The second-order valence-electron chi connectivity index (χ2n) is 6.01. The van der Waals surface area contributed by atoms with Crippen LogP contribution in [0.15, 0.2) is 0 Å². The molecule has 2 aliphatic rings. The van der Waals surface area contributed by atoms with Crippen molar-refractivity contribution in [2.24, 2.45) is 5.92 Å². The summed E-state index contributed by atoms with van der Waals surface area (Å²) in [6.07, 6.45) is 3.90. The topological polar surface area (TPSA) is 69.6 Å². The number of urea groups is 1. The maximum absolute atomic E-state index is 13.1. The van der Waals surface area contributed by atoms with E-state index < -0.39 is 24.0 Å². The Morgan fingerprint density at radius 1 is 1.14 bits per heavy atom. The Balaban J connectivity index is 1.91. The van der Waals surface area contributed by atoms with Gasteiger partial charge < -0.3 is 15.3 Å². The van der Waals surface area contributed by atoms with E-state index in [0.717, 1.165) is 32.1 Å². The van der Waals surface area contributed by atoms with Gasteiger partial charge in [0.15, 0.2) is 0 Å². The molecule has 0 radical (unpaired) electrons. The van der Waals surface area contributed by atoms with Gasteiger partial charge in [-0.25, -0.2) is 18.4 Å². The van der Waals surface area contributed by atoms with Crippen LogP contribution in [0, 0.1) is 5.92 Å². The molecule has 0 aromatic heterocycles. The van der Waals surface area contributed by atoms with Gasteiger partial charge in [-0.3, -0.25) is 0 Å². The van der Waals surface area contributed by atoms with Crippen LogP contribution in [0.25, 0.3) is 0 Å². The number of halogens is 2. The number of amides is 2. The molecule has 2 rings (SSSR count). The van der Waals surface area contributed by atoms with Crippen molar-refractivity contribution in [3.63, 3.8) is 0 Å². The summed E-state index contributed by atoms with van der Waals surface area (Å²) in [6, 6.07) is -1.45. The van der Waals surface area contributed by atoms with E-state index >= 15 is 0 Å². The van der Waals surface area contributed by atoms with Crippen molar-refractivity contribution >= 4 is 12.0 Å². The van der Waals surface area contributed by atoms with Crippen molar-refractivity contribution in [2.45, 2.75) is 56.9 Å². The van der Waals surface area contributed by atoms with E-state index in [1.807, 2.05) is 0 Å². The first-order valence-electron chi connectivity index (χ1n) is 7.55. The zero-order valence-corrected chi connectivity index (χ0v) is 12.0. The van der Waals surface area contributed by atoms with Crippen LogP contribution in [0.5, 0.6) is 0 Å². The summed E-state index contributed by atoms with van der Waals surface area (Å²) in [5.41, 5.74) is 0. The average Bonchev–Trinajstić information content (AvgIpc) is 2.45. The molecule has 1 saturated heterocycles. The number of carbonyl (C=O) groups is 2. The van der Waals surface area contributed by atoms with Crippen molar-refractivity contribution in [1.29, 1.82) is 0 Å². The van der Waals surface area contributed by atoms with E-state index in [1.54, 1.807) is 0 Å². The van der Waals surface area contributed by atoms with Crippen LogP contribution in [-0.2, 0) is 4.79 Å². The fourth-order valence-electron chi connectivity index (χ4n) is 3.11. The smallest absolute Gasteiger partial charge is 0.326 e. The van der Waals surface area contributed by atoms with E-state index in [9.17, 15) is 23.5 Å². The number of hydrogen-bond donors (Lipinski definition) is 2. The highest BCUT2D eigenvalue weighted by Gasteiger charge is 2.37. The first kappa shape index (κ1) is 16.0. The maximum atomic E-state index is 13.1. The lowest BCUT2D eigenvalue weighted by Gasteiger charge is -2.34. The summed E-state index contributed by atoms with van der Waals surface area (Å²) >= 11 is 0. The van der Waals surface area contributed by atoms with Crippen LogP contribution >= 0.6 is 0 Å². The highest BCUT2D eigenvalue weighted by molar-refractivity contribution is 5.82. The molecule has 1 aliphatic heterocycles. The monoisotopic (exact) mass is 304 g/mol. The number of rotatable bonds is 3. The molecule has 7 heteroatoms. The van der Waals surface area contributed by atoms with Crippen LogP contribution in [-0.4, -0.2) is 47.1 Å². The number of alkyl halides is 2. The third-order valence-corrected chi connectivity index (χ3v) is 4.45. The lowest BCUT2D eigenvalue weighted by molar-refractivity contribution is -0.141. The molecular weight excluding hydrogens is 282 g/mol. The first-order chi connectivity index (χ1) is 9.89. The van der Waals surface area contributed by atoms with Gasteiger partial charge in [0.1, 0.15) is 6.04 Å². The third kappa shape index (κ3) is 4.28. The van der Waals surface area contributed by atoms with Crippen molar-refractivity contribution in [2.75, 3.05) is 13.1 Å². The zero-order chi connectivity index (χ0) is 15.5. The Kier molecular flexibility index (Phi) is 5.00. The molecular formula is C14H22F2N2O3. The predicted octanol–water partition coefficient (Wildman–Crippen LogP) is 2.46. The molecule has 2 amide bonds. The molecule has 120 valence electrons. The summed E-state index contributed by atoms with van der Waals surface area (Å²) in [5, 5.41) is 11.8. The Morgan fingerprint density at radius 3 is 2.24 bits per heavy atom. The van der Waals surface area contributed by atoms with Crippen LogP contribution in [0.1, 0.15) is 44.9 Å². The fourth-order valence-corrected chi connectivity index (χ4v) is 3.11. The number of piperidine rings is 1. The molecule has 0 unspecified atom stereocenters. The number of hydrogen-bond acceptors (Lipinski definition) is 2. The minimum atomic E-state index is -2.72. The first-order valence-corrected chi connectivity index (χ1v) is 7.55. The molecule has 5 nitrogen and oxygen atoms in total. The van der Waals surface area contributed by atoms with Crippen LogP contribution in [0.2, 0.25) is 0 Å². The molecule has 1 atom stereocenters. The maximum Gasteiger partial charge on any atom is 0.326 e. The summed E-state index contributed by atoms with van der Waals surface area (Å²) in [6.45, 7) is -0.0638. The summed E-state index contributed by atoms with van der Waals surface area (Å²) < 4.78 is 26.1. The molecule has 1 saturated carbocycles. The number of carboxylic acids is 1.